The molecule has 196 valence electrons. The lowest BCUT2D eigenvalue weighted by molar-refractivity contribution is -0.139. The first-order valence-electron chi connectivity index (χ1n) is 12.1. The Hall–Kier alpha value is -3.72. The molecule has 9 heteroatoms. The smallest absolute Gasteiger partial charge is 0.264 e. The van der Waals surface area contributed by atoms with Crippen LogP contribution in [0.5, 0.6) is 0 Å². The first kappa shape index (κ1) is 27.9. The van der Waals surface area contributed by atoms with E-state index in [-0.39, 0.29) is 23.0 Å². The highest BCUT2D eigenvalue weighted by molar-refractivity contribution is 7.92. The Bertz CT molecular complexity index is 1310. The summed E-state index contributed by atoms with van der Waals surface area (Å²) in [6.07, 6.45) is 0.723. The van der Waals surface area contributed by atoms with Gasteiger partial charge in [-0.05, 0) is 50.1 Å². The lowest BCUT2D eigenvalue weighted by Gasteiger charge is -2.32. The van der Waals surface area contributed by atoms with Gasteiger partial charge in [0, 0.05) is 13.1 Å². The minimum atomic E-state index is -4.30. The highest BCUT2D eigenvalue weighted by atomic mass is 32.2. The van der Waals surface area contributed by atoms with Crippen LogP contribution in [0.1, 0.15) is 31.4 Å². The molecule has 0 aliphatic rings. The lowest BCUT2D eigenvalue weighted by Crippen LogP contribution is -2.51. The molecule has 1 N–H and O–H groups in total. The zero-order valence-corrected chi connectivity index (χ0v) is 22.0. The summed E-state index contributed by atoms with van der Waals surface area (Å²) in [5.74, 6) is -1.78. The van der Waals surface area contributed by atoms with E-state index in [0.717, 1.165) is 27.9 Å². The summed E-state index contributed by atoms with van der Waals surface area (Å²) in [5.41, 5.74) is 1.56. The van der Waals surface area contributed by atoms with Crippen molar-refractivity contribution in [3.63, 3.8) is 0 Å². The number of nitrogens with one attached hydrogen (secondary N) is 1. The van der Waals surface area contributed by atoms with Gasteiger partial charge in [0.1, 0.15) is 18.4 Å². The predicted octanol–water partition coefficient (Wildman–Crippen LogP) is 4.27. The Morgan fingerprint density at radius 2 is 1.57 bits per heavy atom. The van der Waals surface area contributed by atoms with E-state index in [1.165, 1.54) is 35.2 Å². The second-order valence-electron chi connectivity index (χ2n) is 8.75. The molecule has 0 aliphatic carbocycles. The van der Waals surface area contributed by atoms with Gasteiger partial charge in [0.25, 0.3) is 10.0 Å². The van der Waals surface area contributed by atoms with Crippen LogP contribution in [0.4, 0.5) is 10.1 Å². The standard InChI is InChI=1S/C28H32FN3O4S/c1-4-18-30-28(34)22(3)31(19-23-16-14-21(2)15-17-23)27(33)20-32(26-13-9-8-12-25(26)29)37(35,36)24-10-6-5-7-11-24/h5-17,22H,4,18-20H2,1-3H3,(H,30,34). The number of para-hydroxylation sites is 1. The van der Waals surface area contributed by atoms with Gasteiger partial charge in [-0.2, -0.15) is 0 Å². The van der Waals surface area contributed by atoms with Gasteiger partial charge < -0.3 is 10.2 Å². The fourth-order valence-corrected chi connectivity index (χ4v) is 5.20. The van der Waals surface area contributed by atoms with Crippen molar-refractivity contribution in [3.05, 3.63) is 95.8 Å². The predicted molar refractivity (Wildman–Crippen MR) is 142 cm³/mol. The maximum Gasteiger partial charge on any atom is 0.264 e. The molecule has 0 fully saturated rings. The van der Waals surface area contributed by atoms with Crippen LogP contribution in [0.25, 0.3) is 0 Å². The van der Waals surface area contributed by atoms with Gasteiger partial charge in [-0.25, -0.2) is 12.8 Å². The van der Waals surface area contributed by atoms with E-state index in [1.54, 1.807) is 25.1 Å². The fraction of sp³-hybridized carbons (Fsp3) is 0.286. The number of hydrogen-bond acceptors (Lipinski definition) is 4. The van der Waals surface area contributed by atoms with Crippen molar-refractivity contribution in [2.24, 2.45) is 0 Å². The molecule has 3 aromatic rings. The molecule has 0 radical (unpaired) electrons. The van der Waals surface area contributed by atoms with Gasteiger partial charge in [-0.3, -0.25) is 13.9 Å². The summed E-state index contributed by atoms with van der Waals surface area (Å²) in [4.78, 5) is 27.8. The van der Waals surface area contributed by atoms with Gasteiger partial charge in [-0.1, -0.05) is 67.1 Å². The molecule has 0 aliphatic heterocycles. The minimum absolute atomic E-state index is 0.0788. The van der Waals surface area contributed by atoms with Gasteiger partial charge in [0.2, 0.25) is 11.8 Å². The van der Waals surface area contributed by atoms with E-state index < -0.39 is 34.3 Å². The first-order valence-corrected chi connectivity index (χ1v) is 13.5. The second-order valence-corrected chi connectivity index (χ2v) is 10.6. The SMILES string of the molecule is CCCNC(=O)C(C)N(Cc1ccc(C)cc1)C(=O)CN(c1ccccc1F)S(=O)(=O)c1ccccc1. The highest BCUT2D eigenvalue weighted by Crippen LogP contribution is 2.26. The second kappa shape index (κ2) is 12.5. The van der Waals surface area contributed by atoms with E-state index in [2.05, 4.69) is 5.32 Å². The summed E-state index contributed by atoms with van der Waals surface area (Å²) in [6.45, 7) is 5.29. The molecule has 0 bridgehead atoms. The molecule has 3 aromatic carbocycles. The topological polar surface area (TPSA) is 86.8 Å². The van der Waals surface area contributed by atoms with Gasteiger partial charge in [0.15, 0.2) is 0 Å². The van der Waals surface area contributed by atoms with Crippen LogP contribution in [-0.4, -0.2) is 44.3 Å². The molecule has 1 atom stereocenters. The third-order valence-electron chi connectivity index (χ3n) is 5.92. The monoisotopic (exact) mass is 525 g/mol. The van der Waals surface area contributed by atoms with Gasteiger partial charge in [-0.15, -0.1) is 0 Å². The average Bonchev–Trinajstić information content (AvgIpc) is 2.90. The zero-order valence-electron chi connectivity index (χ0n) is 21.2. The first-order chi connectivity index (χ1) is 17.6. The molecule has 3 rings (SSSR count). The Kier molecular flexibility index (Phi) is 9.41. The zero-order chi connectivity index (χ0) is 27.0. The number of anilines is 1. The van der Waals surface area contributed by atoms with E-state index in [1.807, 2.05) is 38.1 Å². The molecule has 0 aromatic heterocycles. The van der Waals surface area contributed by atoms with E-state index in [0.29, 0.717) is 6.54 Å². The number of rotatable bonds is 11. The van der Waals surface area contributed by atoms with Crippen LogP contribution in [0, 0.1) is 12.7 Å². The molecule has 0 spiro atoms. The maximum absolute atomic E-state index is 14.9. The average molecular weight is 526 g/mol. The van der Waals surface area contributed by atoms with Crippen molar-refractivity contribution < 1.29 is 22.4 Å². The molecule has 37 heavy (non-hydrogen) atoms. The van der Waals surface area contributed by atoms with Gasteiger partial charge >= 0.3 is 0 Å². The maximum atomic E-state index is 14.9. The van der Waals surface area contributed by atoms with Crippen LogP contribution in [0.2, 0.25) is 0 Å². The molecule has 0 saturated heterocycles. The molecule has 0 saturated carbocycles. The largest absolute Gasteiger partial charge is 0.354 e. The number of carbonyl (C=O) groups is 2. The van der Waals surface area contributed by atoms with E-state index in [4.69, 9.17) is 0 Å². The number of carbonyl (C=O) groups excluding carboxylic acids is 2. The molecular weight excluding hydrogens is 493 g/mol. The molecule has 0 heterocycles. The van der Waals surface area contributed by atoms with Crippen molar-refractivity contribution in [1.29, 1.82) is 0 Å². The van der Waals surface area contributed by atoms with Crippen molar-refractivity contribution in [2.45, 2.75) is 44.7 Å². The number of halogens is 1. The molecular formula is C28H32FN3O4S. The van der Waals surface area contributed by atoms with E-state index in [9.17, 15) is 22.4 Å². The lowest BCUT2D eigenvalue weighted by atomic mass is 10.1. The van der Waals surface area contributed by atoms with Crippen LogP contribution in [0.15, 0.2) is 83.8 Å². The van der Waals surface area contributed by atoms with Crippen LogP contribution in [-0.2, 0) is 26.2 Å². The Balaban J connectivity index is 2.01. The molecule has 7 nitrogen and oxygen atoms in total. The normalized spacial score (nSPS) is 12.0. The minimum Gasteiger partial charge on any atom is -0.354 e. The Morgan fingerprint density at radius 3 is 2.19 bits per heavy atom. The van der Waals surface area contributed by atoms with E-state index >= 15 is 0 Å². The van der Waals surface area contributed by atoms with Crippen LogP contribution in [0.3, 0.4) is 0 Å². The van der Waals surface area contributed by atoms with Crippen LogP contribution < -0.4 is 9.62 Å². The van der Waals surface area contributed by atoms with Crippen molar-refractivity contribution in [3.8, 4) is 0 Å². The highest BCUT2D eigenvalue weighted by Gasteiger charge is 2.33. The third-order valence-corrected chi connectivity index (χ3v) is 7.70. The number of amides is 2. The third kappa shape index (κ3) is 6.95. The number of benzene rings is 3. The number of hydrogen-bond donors (Lipinski definition) is 1. The Labute approximate surface area is 218 Å². The Morgan fingerprint density at radius 1 is 0.946 bits per heavy atom. The van der Waals surface area contributed by atoms with Crippen molar-refractivity contribution >= 4 is 27.5 Å². The van der Waals surface area contributed by atoms with Crippen LogP contribution >= 0.6 is 0 Å². The quantitative estimate of drug-likeness (QED) is 0.405. The van der Waals surface area contributed by atoms with Crippen molar-refractivity contribution in [2.75, 3.05) is 17.4 Å². The summed E-state index contributed by atoms with van der Waals surface area (Å²) >= 11 is 0. The van der Waals surface area contributed by atoms with Crippen molar-refractivity contribution in [1.82, 2.24) is 10.2 Å². The number of sulfonamides is 1. The summed E-state index contributed by atoms with van der Waals surface area (Å²) in [6, 6.07) is 19.5. The summed E-state index contributed by atoms with van der Waals surface area (Å²) in [7, 11) is -4.30. The summed E-state index contributed by atoms with van der Waals surface area (Å²) < 4.78 is 42.8. The summed E-state index contributed by atoms with van der Waals surface area (Å²) in [5, 5.41) is 2.79. The fourth-order valence-electron chi connectivity index (χ4n) is 3.76. The number of nitrogens with zero attached hydrogens (tertiary/aromatic N) is 2. The molecule has 1 unspecified atom stereocenters. The van der Waals surface area contributed by atoms with Gasteiger partial charge in [0.05, 0.1) is 10.6 Å². The number of aryl methyl sites for hydroxylation is 1. The molecule has 2 amide bonds.